The second-order valence-corrected chi connectivity index (χ2v) is 6.20. The lowest BCUT2D eigenvalue weighted by Crippen LogP contribution is -2.32. The number of aryl methyl sites for hydroxylation is 1. The molecule has 0 heterocycles. The number of carbonyl (C=O) groups excluding carboxylic acids is 1. The fraction of sp³-hybridized carbons (Fsp3) is 0.188. The van der Waals surface area contributed by atoms with Crippen molar-refractivity contribution in [3.63, 3.8) is 0 Å². The van der Waals surface area contributed by atoms with Crippen LogP contribution in [0.4, 0.5) is 15.8 Å². The molecule has 1 amide bonds. The van der Waals surface area contributed by atoms with Crippen LogP contribution in [0.15, 0.2) is 40.9 Å². The quantitative estimate of drug-likeness (QED) is 0.778. The smallest absolute Gasteiger partial charge is 0.246 e. The average Bonchev–Trinajstić information content (AvgIpc) is 2.45. The molecular formula is C16H15BrClFN2O. The third-order valence-electron chi connectivity index (χ3n) is 3.12. The Morgan fingerprint density at radius 2 is 2.00 bits per heavy atom. The molecule has 0 unspecified atom stereocenters. The molecule has 0 saturated heterocycles. The average molecular weight is 386 g/mol. The molecule has 1 atom stereocenters. The Hall–Kier alpha value is -1.59. The molecule has 0 aliphatic heterocycles. The second kappa shape index (κ2) is 7.11. The summed E-state index contributed by atoms with van der Waals surface area (Å²) < 4.78 is 14.0. The van der Waals surface area contributed by atoms with Crippen molar-refractivity contribution in [3.05, 3.63) is 57.3 Å². The van der Waals surface area contributed by atoms with Crippen molar-refractivity contribution in [2.75, 3.05) is 10.6 Å². The van der Waals surface area contributed by atoms with Crippen LogP contribution in [0.2, 0.25) is 5.02 Å². The highest BCUT2D eigenvalue weighted by molar-refractivity contribution is 9.10. The zero-order valence-electron chi connectivity index (χ0n) is 12.1. The van der Waals surface area contributed by atoms with Crippen LogP contribution in [0.25, 0.3) is 0 Å². The fourth-order valence-electron chi connectivity index (χ4n) is 1.88. The van der Waals surface area contributed by atoms with Crippen LogP contribution in [0.1, 0.15) is 12.5 Å². The van der Waals surface area contributed by atoms with Crippen molar-refractivity contribution in [1.82, 2.24) is 0 Å². The van der Waals surface area contributed by atoms with Gasteiger partial charge in [0.25, 0.3) is 0 Å². The molecule has 0 aliphatic rings. The monoisotopic (exact) mass is 384 g/mol. The van der Waals surface area contributed by atoms with Gasteiger partial charge in [-0.25, -0.2) is 4.39 Å². The van der Waals surface area contributed by atoms with Crippen LogP contribution in [0.3, 0.4) is 0 Å². The molecule has 2 rings (SSSR count). The third-order valence-corrected chi connectivity index (χ3v) is 4.33. The maximum absolute atomic E-state index is 13.0. The Balaban J connectivity index is 2.04. The van der Waals surface area contributed by atoms with E-state index in [1.807, 2.05) is 25.1 Å². The molecular weight excluding hydrogens is 371 g/mol. The molecule has 0 aromatic heterocycles. The number of amides is 1. The van der Waals surface area contributed by atoms with E-state index >= 15 is 0 Å². The van der Waals surface area contributed by atoms with Crippen LogP contribution in [-0.4, -0.2) is 11.9 Å². The lowest BCUT2D eigenvalue weighted by atomic mass is 10.2. The molecule has 2 N–H and O–H groups in total. The number of anilines is 2. The molecule has 6 heteroatoms. The van der Waals surface area contributed by atoms with E-state index < -0.39 is 11.9 Å². The number of halogens is 3. The van der Waals surface area contributed by atoms with E-state index in [4.69, 9.17) is 11.6 Å². The third kappa shape index (κ3) is 4.21. The van der Waals surface area contributed by atoms with E-state index in [-0.39, 0.29) is 10.9 Å². The first-order chi connectivity index (χ1) is 10.4. The Bertz CT molecular complexity index is 709. The first-order valence-electron chi connectivity index (χ1n) is 6.65. The van der Waals surface area contributed by atoms with Crippen molar-refractivity contribution in [2.24, 2.45) is 0 Å². The molecule has 0 bridgehead atoms. The van der Waals surface area contributed by atoms with Gasteiger partial charge in [0.05, 0.1) is 10.7 Å². The van der Waals surface area contributed by atoms with Gasteiger partial charge in [-0.2, -0.15) is 0 Å². The molecule has 2 aromatic rings. The van der Waals surface area contributed by atoms with Gasteiger partial charge in [-0.15, -0.1) is 0 Å². The molecule has 3 nitrogen and oxygen atoms in total. The second-order valence-electron chi connectivity index (χ2n) is 4.94. The highest BCUT2D eigenvalue weighted by atomic mass is 79.9. The number of carbonyl (C=O) groups is 1. The number of rotatable bonds is 4. The number of hydrogen-bond donors (Lipinski definition) is 2. The summed E-state index contributed by atoms with van der Waals surface area (Å²) in [6.07, 6.45) is 0. The maximum Gasteiger partial charge on any atom is 0.246 e. The Morgan fingerprint density at radius 1 is 1.27 bits per heavy atom. The van der Waals surface area contributed by atoms with Crippen molar-refractivity contribution >= 4 is 44.8 Å². The highest BCUT2D eigenvalue weighted by Crippen LogP contribution is 2.23. The van der Waals surface area contributed by atoms with Crippen molar-refractivity contribution in [1.29, 1.82) is 0 Å². The van der Waals surface area contributed by atoms with Crippen molar-refractivity contribution < 1.29 is 9.18 Å². The summed E-state index contributed by atoms with van der Waals surface area (Å²) in [6, 6.07) is 9.11. The Morgan fingerprint density at radius 3 is 2.64 bits per heavy atom. The first kappa shape index (κ1) is 16.8. The van der Waals surface area contributed by atoms with E-state index in [0.717, 1.165) is 21.8 Å². The van der Waals surface area contributed by atoms with Gasteiger partial charge < -0.3 is 10.6 Å². The predicted molar refractivity (Wildman–Crippen MR) is 92.0 cm³/mol. The fourth-order valence-corrected chi connectivity index (χ4v) is 2.34. The van der Waals surface area contributed by atoms with E-state index in [9.17, 15) is 9.18 Å². The van der Waals surface area contributed by atoms with Gasteiger partial charge in [-0.3, -0.25) is 4.79 Å². The Kier molecular flexibility index (Phi) is 5.42. The number of hydrogen-bond acceptors (Lipinski definition) is 2. The van der Waals surface area contributed by atoms with Crippen LogP contribution < -0.4 is 10.6 Å². The van der Waals surface area contributed by atoms with Crippen molar-refractivity contribution in [2.45, 2.75) is 19.9 Å². The van der Waals surface area contributed by atoms with E-state index in [2.05, 4.69) is 26.6 Å². The van der Waals surface area contributed by atoms with Crippen LogP contribution in [0, 0.1) is 12.7 Å². The zero-order valence-corrected chi connectivity index (χ0v) is 14.4. The molecule has 0 spiro atoms. The van der Waals surface area contributed by atoms with Gasteiger partial charge in [0.15, 0.2) is 0 Å². The summed E-state index contributed by atoms with van der Waals surface area (Å²) in [5.74, 6) is -0.700. The standard InChI is InChI=1S/C16H15BrClFN2O/c1-9-7-12(4-5-13(9)17)20-10(2)16(22)21-15-6-3-11(19)8-14(15)18/h3-8,10,20H,1-2H3,(H,21,22)/t10-/m1/s1. The lowest BCUT2D eigenvalue weighted by Gasteiger charge is -2.16. The lowest BCUT2D eigenvalue weighted by molar-refractivity contribution is -0.116. The SMILES string of the molecule is Cc1cc(N[C@H](C)C(=O)Nc2ccc(F)cc2Cl)ccc1Br. The minimum Gasteiger partial charge on any atom is -0.374 e. The van der Waals surface area contributed by atoms with Gasteiger partial charge >= 0.3 is 0 Å². The summed E-state index contributed by atoms with van der Waals surface area (Å²) in [7, 11) is 0. The molecule has 0 aliphatic carbocycles. The van der Waals surface area contributed by atoms with E-state index in [1.165, 1.54) is 12.1 Å². The minimum absolute atomic E-state index is 0.167. The summed E-state index contributed by atoms with van der Waals surface area (Å²) in [5, 5.41) is 5.95. The van der Waals surface area contributed by atoms with Gasteiger partial charge in [-0.05, 0) is 55.8 Å². The van der Waals surface area contributed by atoms with Gasteiger partial charge in [0.2, 0.25) is 5.91 Å². The highest BCUT2D eigenvalue weighted by Gasteiger charge is 2.14. The topological polar surface area (TPSA) is 41.1 Å². The normalized spacial score (nSPS) is 11.9. The van der Waals surface area contributed by atoms with E-state index in [1.54, 1.807) is 6.92 Å². The van der Waals surface area contributed by atoms with Crippen LogP contribution >= 0.6 is 27.5 Å². The molecule has 0 radical (unpaired) electrons. The van der Waals surface area contributed by atoms with Crippen LogP contribution in [0.5, 0.6) is 0 Å². The Labute approximate surface area is 142 Å². The molecule has 2 aromatic carbocycles. The summed E-state index contributed by atoms with van der Waals surface area (Å²) in [6.45, 7) is 3.71. The predicted octanol–water partition coefficient (Wildman–Crippen LogP) is 4.99. The minimum atomic E-state index is -0.471. The summed E-state index contributed by atoms with van der Waals surface area (Å²) in [5.41, 5.74) is 2.29. The molecule has 22 heavy (non-hydrogen) atoms. The van der Waals surface area contributed by atoms with Gasteiger partial charge in [-0.1, -0.05) is 27.5 Å². The zero-order chi connectivity index (χ0) is 16.3. The number of benzene rings is 2. The molecule has 0 fully saturated rings. The maximum atomic E-state index is 13.0. The number of nitrogens with one attached hydrogen (secondary N) is 2. The largest absolute Gasteiger partial charge is 0.374 e. The first-order valence-corrected chi connectivity index (χ1v) is 7.82. The van der Waals surface area contributed by atoms with Gasteiger partial charge in [0, 0.05) is 10.2 Å². The van der Waals surface area contributed by atoms with Crippen molar-refractivity contribution in [3.8, 4) is 0 Å². The molecule has 116 valence electrons. The summed E-state index contributed by atoms with van der Waals surface area (Å²) >= 11 is 9.33. The van der Waals surface area contributed by atoms with Crippen LogP contribution in [-0.2, 0) is 4.79 Å². The van der Waals surface area contributed by atoms with Gasteiger partial charge in [0.1, 0.15) is 11.9 Å². The summed E-state index contributed by atoms with van der Waals surface area (Å²) in [4.78, 5) is 12.2. The van der Waals surface area contributed by atoms with E-state index in [0.29, 0.717) is 5.69 Å². The molecule has 0 saturated carbocycles.